The largest absolute Gasteiger partial charge is 0.422 e. The smallest absolute Gasteiger partial charge is 0.343 e. The molecule has 8 nitrogen and oxygen atoms in total. The van der Waals surface area contributed by atoms with Crippen LogP contribution in [0.3, 0.4) is 0 Å². The first kappa shape index (κ1) is 23.7. The first-order chi connectivity index (χ1) is 17.2. The van der Waals surface area contributed by atoms with Gasteiger partial charge < -0.3 is 4.42 Å². The number of fused-ring (bicyclic) bond motifs is 1. The van der Waals surface area contributed by atoms with Gasteiger partial charge in [0.25, 0.3) is 11.6 Å². The molecule has 2 aliphatic rings. The lowest BCUT2D eigenvalue weighted by Crippen LogP contribution is -2.33. The van der Waals surface area contributed by atoms with Gasteiger partial charge in [-0.25, -0.2) is 9.79 Å². The fourth-order valence-electron chi connectivity index (χ4n) is 4.13. The van der Waals surface area contributed by atoms with Crippen LogP contribution >= 0.6 is 23.2 Å². The fourth-order valence-corrected chi connectivity index (χ4v) is 4.49. The van der Waals surface area contributed by atoms with Gasteiger partial charge in [0.15, 0.2) is 0 Å². The molecular weight excluding hydrogens is 505 g/mol. The van der Waals surface area contributed by atoms with E-state index >= 15 is 0 Å². The van der Waals surface area contributed by atoms with E-state index in [0.717, 1.165) is 0 Å². The Morgan fingerprint density at radius 2 is 1.86 bits per heavy atom. The number of halogens is 2. The molecule has 0 N–H and O–H groups in total. The van der Waals surface area contributed by atoms with Crippen LogP contribution in [0.2, 0.25) is 5.02 Å². The second-order valence-electron chi connectivity index (χ2n) is 8.23. The van der Waals surface area contributed by atoms with E-state index in [9.17, 15) is 19.7 Å². The van der Waals surface area contributed by atoms with E-state index < -0.39 is 16.5 Å². The molecule has 36 heavy (non-hydrogen) atoms. The van der Waals surface area contributed by atoms with E-state index in [4.69, 9.17) is 27.6 Å². The average molecular weight is 522 g/mol. The maximum atomic E-state index is 13.7. The molecule has 0 atom stereocenters. The van der Waals surface area contributed by atoms with Gasteiger partial charge in [-0.2, -0.15) is 0 Å². The van der Waals surface area contributed by atoms with Crippen LogP contribution in [0.4, 0.5) is 5.69 Å². The Morgan fingerprint density at radius 3 is 2.58 bits per heavy atom. The van der Waals surface area contributed by atoms with Crippen molar-refractivity contribution in [1.29, 1.82) is 0 Å². The van der Waals surface area contributed by atoms with Gasteiger partial charge in [-0.05, 0) is 55.7 Å². The fraction of sp³-hybridized carbons (Fsp3) is 0.115. The van der Waals surface area contributed by atoms with Gasteiger partial charge in [-0.3, -0.25) is 19.8 Å². The third-order valence-electron chi connectivity index (χ3n) is 6.00. The summed E-state index contributed by atoms with van der Waals surface area (Å²) in [4.78, 5) is 43.3. The second-order valence-corrected chi connectivity index (χ2v) is 9.12. The number of nitrogens with zero attached hydrogens (tertiary/aromatic N) is 3. The molecule has 5 rings (SSSR count). The Kier molecular flexibility index (Phi) is 6.07. The summed E-state index contributed by atoms with van der Waals surface area (Å²) in [7, 11) is 0. The molecular formula is C26H17Cl2N3O5. The van der Waals surface area contributed by atoms with Crippen LogP contribution in [0.25, 0.3) is 16.5 Å². The van der Waals surface area contributed by atoms with E-state index in [-0.39, 0.29) is 33.4 Å². The third kappa shape index (κ3) is 4.14. The van der Waals surface area contributed by atoms with Gasteiger partial charge >= 0.3 is 5.63 Å². The molecule has 1 amide bonds. The zero-order chi connectivity index (χ0) is 25.6. The minimum Gasteiger partial charge on any atom is -0.422 e. The van der Waals surface area contributed by atoms with E-state index in [2.05, 4.69) is 4.99 Å². The summed E-state index contributed by atoms with van der Waals surface area (Å²) in [5.41, 5.74) is 0.937. The van der Waals surface area contributed by atoms with Gasteiger partial charge in [0.1, 0.15) is 17.1 Å². The highest BCUT2D eigenvalue weighted by molar-refractivity contribution is 6.36. The first-order valence-electron chi connectivity index (χ1n) is 10.9. The van der Waals surface area contributed by atoms with Crippen molar-refractivity contribution in [3.63, 3.8) is 0 Å². The number of non-ortho nitro benzene ring substituents is 1. The quantitative estimate of drug-likeness (QED) is 0.176. The first-order valence-corrected chi connectivity index (χ1v) is 11.7. The number of amidine groups is 1. The predicted molar refractivity (Wildman–Crippen MR) is 138 cm³/mol. The molecule has 0 saturated carbocycles. The maximum absolute atomic E-state index is 13.7. The van der Waals surface area contributed by atoms with Crippen LogP contribution in [0, 0.1) is 10.1 Å². The summed E-state index contributed by atoms with van der Waals surface area (Å²) in [6.07, 6.45) is 4.34. The number of para-hydroxylation sites is 1. The Hall–Kier alpha value is -4.01. The van der Waals surface area contributed by atoms with Crippen LogP contribution in [0.15, 0.2) is 91.3 Å². The highest BCUT2D eigenvalue weighted by atomic mass is 35.5. The number of amides is 1. The number of hydrogen-bond acceptors (Lipinski definition) is 6. The average Bonchev–Trinajstić information content (AvgIpc) is 3.20. The molecule has 180 valence electrons. The maximum Gasteiger partial charge on any atom is 0.343 e. The van der Waals surface area contributed by atoms with E-state index in [0.29, 0.717) is 40.1 Å². The number of aliphatic imine (C=N–C) groups is 1. The lowest BCUT2D eigenvalue weighted by Gasteiger charge is -2.24. The predicted octanol–water partition coefficient (Wildman–Crippen LogP) is 6.18. The summed E-state index contributed by atoms with van der Waals surface area (Å²) in [5, 5.41) is 12.9. The third-order valence-corrected chi connectivity index (χ3v) is 6.65. The summed E-state index contributed by atoms with van der Waals surface area (Å²) >= 11 is 12.5. The lowest BCUT2D eigenvalue weighted by atomic mass is 10.0. The van der Waals surface area contributed by atoms with Gasteiger partial charge in [-0.15, -0.1) is 0 Å². The van der Waals surface area contributed by atoms with Crippen LogP contribution < -0.4 is 5.63 Å². The van der Waals surface area contributed by atoms with E-state index in [1.54, 1.807) is 43.3 Å². The topological polar surface area (TPSA) is 106 Å². The van der Waals surface area contributed by atoms with Crippen molar-refractivity contribution in [3.8, 4) is 0 Å². The van der Waals surface area contributed by atoms with Gasteiger partial charge in [-0.1, -0.05) is 41.4 Å². The van der Waals surface area contributed by atoms with Crippen molar-refractivity contribution in [2.45, 2.75) is 19.8 Å². The number of carbonyl (C=O) groups is 1. The number of allylic oxidation sites excluding steroid dienone is 5. The molecule has 1 aliphatic carbocycles. The number of nitro benzene ring substituents is 1. The Bertz CT molecular complexity index is 1650. The highest BCUT2D eigenvalue weighted by Gasteiger charge is 2.37. The zero-order valence-electron chi connectivity index (χ0n) is 18.8. The molecule has 2 heterocycles. The number of rotatable bonds is 4. The number of hydrogen-bond donors (Lipinski definition) is 0. The molecule has 3 aromatic rings. The van der Waals surface area contributed by atoms with Gasteiger partial charge in [0.05, 0.1) is 15.5 Å². The van der Waals surface area contributed by atoms with Crippen molar-refractivity contribution >= 4 is 57.2 Å². The zero-order valence-corrected chi connectivity index (χ0v) is 20.3. The van der Waals surface area contributed by atoms with Crippen molar-refractivity contribution in [2.75, 3.05) is 0 Å². The van der Waals surface area contributed by atoms with E-state index in [1.165, 1.54) is 23.1 Å². The summed E-state index contributed by atoms with van der Waals surface area (Å²) in [6, 6.07) is 12.6. The Morgan fingerprint density at radius 1 is 1.08 bits per heavy atom. The Labute approximate surface area is 214 Å². The van der Waals surface area contributed by atoms with Gasteiger partial charge in [0.2, 0.25) is 0 Å². The van der Waals surface area contributed by atoms with Crippen LogP contribution in [-0.4, -0.2) is 21.6 Å². The van der Waals surface area contributed by atoms with Gasteiger partial charge in [0, 0.05) is 33.8 Å². The van der Waals surface area contributed by atoms with Crippen LogP contribution in [0.5, 0.6) is 0 Å². The monoisotopic (exact) mass is 521 g/mol. The minimum absolute atomic E-state index is 0.0108. The highest BCUT2D eigenvalue weighted by Crippen LogP contribution is 2.35. The molecule has 0 bridgehead atoms. The molecule has 0 radical (unpaired) electrons. The molecule has 1 aromatic heterocycles. The molecule has 2 aromatic carbocycles. The summed E-state index contributed by atoms with van der Waals surface area (Å²) in [6.45, 7) is 1.61. The Balaban J connectivity index is 1.73. The second kappa shape index (κ2) is 9.22. The molecule has 10 heteroatoms. The van der Waals surface area contributed by atoms with Crippen molar-refractivity contribution in [3.05, 3.63) is 114 Å². The minimum atomic E-state index is -0.610. The molecule has 0 fully saturated rings. The van der Waals surface area contributed by atoms with Crippen LogP contribution in [-0.2, 0) is 4.79 Å². The standard InChI is InChI=1S/C26H17Cl2N3O5/c1-14(19-12-15-4-2-3-5-22(15)36-26(19)33)23-25(32)30(17-8-6-16(27)7-9-17)24(29-23)20-13-18(31(34)35)10-11-21(20)28/h2-6,8,10-13H,7,9H2,1H3. The summed E-state index contributed by atoms with van der Waals surface area (Å²) in [5.74, 6) is -0.360. The SMILES string of the molecule is CC(=C1N=C(c2cc([N+](=O)[O-])ccc2Cl)N(C2=CC=C(Cl)CC2)C1=O)c1cc2ccccc2oc1=O. The molecule has 0 saturated heterocycles. The summed E-state index contributed by atoms with van der Waals surface area (Å²) < 4.78 is 5.44. The molecule has 0 spiro atoms. The lowest BCUT2D eigenvalue weighted by molar-refractivity contribution is -0.384. The molecule has 0 unspecified atom stereocenters. The number of carbonyl (C=O) groups excluding carboxylic acids is 1. The van der Waals surface area contributed by atoms with Crippen LogP contribution in [0.1, 0.15) is 30.9 Å². The number of benzene rings is 2. The van der Waals surface area contributed by atoms with Crippen molar-refractivity contribution in [2.24, 2.45) is 4.99 Å². The molecule has 1 aliphatic heterocycles. The van der Waals surface area contributed by atoms with Crippen molar-refractivity contribution in [1.82, 2.24) is 4.90 Å². The van der Waals surface area contributed by atoms with E-state index in [1.807, 2.05) is 6.07 Å². The normalized spacial score (nSPS) is 17.1. The van der Waals surface area contributed by atoms with Crippen molar-refractivity contribution < 1.29 is 14.1 Å². The number of nitro groups is 1.